The largest absolute Gasteiger partial charge is 0.497 e. The number of allylic oxidation sites excluding steroid dienone is 5. The molecule has 3 heteroatoms. The number of hydrogen-bond acceptors (Lipinski definition) is 3. The predicted molar refractivity (Wildman–Crippen MR) is 118 cm³/mol. The molecule has 1 aromatic carbocycles. The molecule has 0 aromatic heterocycles. The number of benzene rings is 1. The fourth-order valence-corrected chi connectivity index (χ4v) is 6.93. The van der Waals surface area contributed by atoms with Crippen LogP contribution in [-0.2, 0) is 9.59 Å². The standard InChI is InChI=1S/C27H30O3/c1-26-11-9-20(28)16-19(26)7-8-22-23(26)10-12-27(2)24(22)15-18(25(27)29)13-17-5-4-6-21(14-17)30-3/h4-6,9,11,13-14,16,22-24H,7-8,10,12,15H2,1-3H3/t22-,23+,24+,26+,27+/m1/s1. The molecule has 1 aromatic rings. The summed E-state index contributed by atoms with van der Waals surface area (Å²) < 4.78 is 5.35. The van der Waals surface area contributed by atoms with Gasteiger partial charge in [-0.25, -0.2) is 0 Å². The molecule has 0 radical (unpaired) electrons. The van der Waals surface area contributed by atoms with Crippen molar-refractivity contribution >= 4 is 17.6 Å². The van der Waals surface area contributed by atoms with Gasteiger partial charge in [-0.3, -0.25) is 9.59 Å². The van der Waals surface area contributed by atoms with Crippen LogP contribution in [-0.4, -0.2) is 18.7 Å². The molecule has 0 spiro atoms. The van der Waals surface area contributed by atoms with Crippen molar-refractivity contribution in [2.45, 2.75) is 46.0 Å². The van der Waals surface area contributed by atoms with Crippen LogP contribution in [0.3, 0.4) is 0 Å². The first-order valence-electron chi connectivity index (χ1n) is 11.2. The second-order valence-corrected chi connectivity index (χ2v) is 10.0. The number of hydrogen-bond donors (Lipinski definition) is 0. The van der Waals surface area contributed by atoms with E-state index in [1.165, 1.54) is 5.57 Å². The normalized spacial score (nSPS) is 38.7. The van der Waals surface area contributed by atoms with Gasteiger partial charge >= 0.3 is 0 Å². The van der Waals surface area contributed by atoms with Gasteiger partial charge in [-0.15, -0.1) is 0 Å². The highest BCUT2D eigenvalue weighted by atomic mass is 16.5. The van der Waals surface area contributed by atoms with Crippen LogP contribution in [0.25, 0.3) is 6.08 Å². The van der Waals surface area contributed by atoms with Gasteiger partial charge in [-0.05, 0) is 91.4 Å². The third kappa shape index (κ3) is 2.78. The highest BCUT2D eigenvalue weighted by molar-refractivity contribution is 6.06. The molecule has 0 aliphatic heterocycles. The SMILES string of the molecule is COc1cccc(C=C2C[C@H]3[C@@H]4CCC5=CC(=O)C=C[C@]5(C)[C@H]4CC[C@]3(C)C2=O)c1. The second kappa shape index (κ2) is 6.80. The fourth-order valence-electron chi connectivity index (χ4n) is 6.93. The molecule has 156 valence electrons. The summed E-state index contributed by atoms with van der Waals surface area (Å²) in [6.45, 7) is 4.52. The molecule has 3 nitrogen and oxygen atoms in total. The lowest BCUT2D eigenvalue weighted by Gasteiger charge is -2.55. The Morgan fingerprint density at radius 2 is 1.97 bits per heavy atom. The molecule has 5 atom stereocenters. The summed E-state index contributed by atoms with van der Waals surface area (Å²) in [5, 5.41) is 0. The summed E-state index contributed by atoms with van der Waals surface area (Å²) in [4.78, 5) is 25.5. The van der Waals surface area contributed by atoms with Crippen LogP contribution in [0.4, 0.5) is 0 Å². The zero-order valence-corrected chi connectivity index (χ0v) is 18.1. The molecule has 30 heavy (non-hydrogen) atoms. The Morgan fingerprint density at radius 1 is 1.13 bits per heavy atom. The van der Waals surface area contributed by atoms with Crippen LogP contribution in [0.5, 0.6) is 5.75 Å². The third-order valence-electron chi connectivity index (χ3n) is 8.63. The Balaban J connectivity index is 1.48. The number of carbonyl (C=O) groups excluding carboxylic acids is 2. The van der Waals surface area contributed by atoms with Gasteiger partial charge in [0.15, 0.2) is 11.6 Å². The van der Waals surface area contributed by atoms with Crippen molar-refractivity contribution in [3.8, 4) is 5.75 Å². The Bertz CT molecular complexity index is 1010. The average molecular weight is 403 g/mol. The van der Waals surface area contributed by atoms with E-state index in [2.05, 4.69) is 26.0 Å². The van der Waals surface area contributed by atoms with Crippen molar-refractivity contribution in [1.29, 1.82) is 0 Å². The number of ketones is 2. The van der Waals surface area contributed by atoms with Crippen LogP contribution >= 0.6 is 0 Å². The number of carbonyl (C=O) groups is 2. The Labute approximate surface area is 178 Å². The zero-order valence-electron chi connectivity index (χ0n) is 18.1. The molecule has 4 aliphatic rings. The number of methoxy groups -OCH3 is 1. The van der Waals surface area contributed by atoms with Gasteiger partial charge in [-0.2, -0.15) is 0 Å². The first-order valence-corrected chi connectivity index (χ1v) is 11.2. The van der Waals surface area contributed by atoms with Gasteiger partial charge in [-0.1, -0.05) is 37.6 Å². The summed E-state index contributed by atoms with van der Waals surface area (Å²) in [7, 11) is 1.67. The van der Waals surface area contributed by atoms with Crippen molar-refractivity contribution in [2.24, 2.45) is 28.6 Å². The van der Waals surface area contributed by atoms with E-state index >= 15 is 0 Å². The number of fused-ring (bicyclic) bond motifs is 5. The fraction of sp³-hybridized carbons (Fsp3) is 0.481. The van der Waals surface area contributed by atoms with Crippen molar-refractivity contribution in [2.75, 3.05) is 7.11 Å². The summed E-state index contributed by atoms with van der Waals surface area (Å²) in [5.74, 6) is 2.73. The highest BCUT2D eigenvalue weighted by Gasteiger charge is 2.59. The van der Waals surface area contributed by atoms with Crippen LogP contribution < -0.4 is 4.74 Å². The minimum absolute atomic E-state index is 0.0273. The second-order valence-electron chi connectivity index (χ2n) is 10.0. The van der Waals surface area contributed by atoms with Crippen molar-refractivity contribution < 1.29 is 14.3 Å². The smallest absolute Gasteiger partial charge is 0.178 e. The van der Waals surface area contributed by atoms with Crippen LogP contribution in [0.2, 0.25) is 0 Å². The minimum Gasteiger partial charge on any atom is -0.497 e. The van der Waals surface area contributed by atoms with Gasteiger partial charge in [0.25, 0.3) is 0 Å². The first-order chi connectivity index (χ1) is 14.3. The molecule has 4 aliphatic carbocycles. The van der Waals surface area contributed by atoms with E-state index in [-0.39, 0.29) is 16.6 Å². The highest BCUT2D eigenvalue weighted by Crippen LogP contribution is 2.64. The lowest BCUT2D eigenvalue weighted by molar-refractivity contribution is -0.129. The third-order valence-corrected chi connectivity index (χ3v) is 8.63. The Morgan fingerprint density at radius 3 is 2.77 bits per heavy atom. The minimum atomic E-state index is -0.252. The quantitative estimate of drug-likeness (QED) is 0.608. The maximum atomic E-state index is 13.5. The molecule has 0 bridgehead atoms. The van der Waals surface area contributed by atoms with Crippen LogP contribution in [0.1, 0.15) is 51.5 Å². The maximum Gasteiger partial charge on any atom is 0.178 e. The molecular formula is C27H30O3. The molecule has 0 N–H and O–H groups in total. The lowest BCUT2D eigenvalue weighted by atomic mass is 9.48. The molecule has 0 heterocycles. The van der Waals surface area contributed by atoms with Crippen molar-refractivity contribution in [3.05, 3.63) is 59.2 Å². The molecular weight excluding hydrogens is 372 g/mol. The summed E-state index contributed by atoms with van der Waals surface area (Å²) in [6, 6.07) is 7.94. The number of rotatable bonds is 2. The van der Waals surface area contributed by atoms with E-state index in [1.807, 2.05) is 30.3 Å². The van der Waals surface area contributed by atoms with Crippen molar-refractivity contribution in [3.63, 3.8) is 0 Å². The van der Waals surface area contributed by atoms with Gasteiger partial charge < -0.3 is 4.74 Å². The molecule has 0 unspecified atom stereocenters. The molecule has 3 saturated carbocycles. The average Bonchev–Trinajstić information content (AvgIpc) is 2.99. The molecule has 0 saturated heterocycles. The topological polar surface area (TPSA) is 43.4 Å². The van der Waals surface area contributed by atoms with E-state index in [1.54, 1.807) is 13.2 Å². The van der Waals surface area contributed by atoms with Crippen molar-refractivity contribution in [1.82, 2.24) is 0 Å². The van der Waals surface area contributed by atoms with E-state index < -0.39 is 0 Å². The monoisotopic (exact) mass is 402 g/mol. The maximum absolute atomic E-state index is 13.5. The van der Waals surface area contributed by atoms with Gasteiger partial charge in [0.2, 0.25) is 0 Å². The summed E-state index contributed by atoms with van der Waals surface area (Å²) >= 11 is 0. The molecule has 5 rings (SSSR count). The zero-order chi connectivity index (χ0) is 21.1. The van der Waals surface area contributed by atoms with Gasteiger partial charge in [0, 0.05) is 10.8 Å². The van der Waals surface area contributed by atoms with Gasteiger partial charge in [0.1, 0.15) is 5.75 Å². The first kappa shape index (κ1) is 19.5. The summed E-state index contributed by atoms with van der Waals surface area (Å²) in [5.41, 5.74) is 3.03. The van der Waals surface area contributed by atoms with E-state index in [0.717, 1.165) is 49.0 Å². The number of ether oxygens (including phenoxy) is 1. The van der Waals surface area contributed by atoms with E-state index in [4.69, 9.17) is 4.74 Å². The van der Waals surface area contributed by atoms with E-state index in [9.17, 15) is 9.59 Å². The lowest BCUT2D eigenvalue weighted by Crippen LogP contribution is -2.49. The van der Waals surface area contributed by atoms with Crippen LogP contribution in [0, 0.1) is 28.6 Å². The van der Waals surface area contributed by atoms with E-state index in [0.29, 0.717) is 23.5 Å². The van der Waals surface area contributed by atoms with Crippen LogP contribution in [0.15, 0.2) is 53.6 Å². The Kier molecular flexibility index (Phi) is 4.43. The molecule has 0 amide bonds. The summed E-state index contributed by atoms with van der Waals surface area (Å²) in [6.07, 6.45) is 12.8. The number of Topliss-reactive ketones (excluding diaryl/α,β-unsaturated/α-hetero) is 1. The Hall–Kier alpha value is -2.42. The van der Waals surface area contributed by atoms with Gasteiger partial charge in [0.05, 0.1) is 7.11 Å². The predicted octanol–water partition coefficient (Wildman–Crippen LogP) is 5.57. The molecule has 3 fully saturated rings.